The molecule has 0 atom stereocenters. The first-order valence-electron chi connectivity index (χ1n) is 7.01. The van der Waals surface area contributed by atoms with Crippen LogP contribution in [0.25, 0.3) is 6.08 Å². The lowest BCUT2D eigenvalue weighted by molar-refractivity contribution is -0.114. The molecule has 2 nitrogen and oxygen atoms in total. The molecule has 2 aromatic rings. The quantitative estimate of drug-likeness (QED) is 0.726. The smallest absolute Gasteiger partial charge is 0.250 e. The number of carbonyl (C=O) groups excluding carboxylic acids is 1. The second-order valence-electron chi connectivity index (χ2n) is 4.71. The first-order chi connectivity index (χ1) is 10.2. The van der Waals surface area contributed by atoms with Gasteiger partial charge in [-0.1, -0.05) is 48.9 Å². The Hall–Kier alpha value is -2.06. The molecule has 1 amide bonds. The summed E-state index contributed by atoms with van der Waals surface area (Å²) in [5.74, 6) is -0.0250. The van der Waals surface area contributed by atoms with Gasteiger partial charge >= 0.3 is 0 Å². The van der Waals surface area contributed by atoms with Gasteiger partial charge in [0.1, 0.15) is 0 Å². The highest BCUT2D eigenvalue weighted by atomic mass is 35.5. The molecule has 0 N–H and O–H groups in total. The highest BCUT2D eigenvalue weighted by molar-refractivity contribution is 6.30. The molecule has 0 aliphatic rings. The Balaban J connectivity index is 2.16. The van der Waals surface area contributed by atoms with Crippen molar-refractivity contribution in [2.45, 2.75) is 13.3 Å². The maximum absolute atomic E-state index is 12.4. The Morgan fingerprint density at radius 3 is 2.38 bits per heavy atom. The lowest BCUT2D eigenvalue weighted by Gasteiger charge is -2.20. The number of hydrogen-bond acceptors (Lipinski definition) is 1. The fourth-order valence-electron chi connectivity index (χ4n) is 2.03. The van der Waals surface area contributed by atoms with Crippen molar-refractivity contribution in [1.29, 1.82) is 0 Å². The summed E-state index contributed by atoms with van der Waals surface area (Å²) in [5.41, 5.74) is 1.88. The van der Waals surface area contributed by atoms with Gasteiger partial charge in [0.25, 0.3) is 5.91 Å². The second-order valence-corrected chi connectivity index (χ2v) is 5.15. The first kappa shape index (κ1) is 15.3. The van der Waals surface area contributed by atoms with Crippen LogP contribution < -0.4 is 4.90 Å². The van der Waals surface area contributed by atoms with Crippen LogP contribution in [0, 0.1) is 0 Å². The maximum atomic E-state index is 12.4. The van der Waals surface area contributed by atoms with Crippen molar-refractivity contribution in [3.63, 3.8) is 0 Å². The van der Waals surface area contributed by atoms with Gasteiger partial charge in [0.05, 0.1) is 0 Å². The summed E-state index contributed by atoms with van der Waals surface area (Å²) >= 11 is 5.90. The summed E-state index contributed by atoms with van der Waals surface area (Å²) in [5, 5.41) is 0.669. The number of amides is 1. The van der Waals surface area contributed by atoms with Crippen molar-refractivity contribution in [2.75, 3.05) is 11.4 Å². The van der Waals surface area contributed by atoms with Crippen LogP contribution in [-0.4, -0.2) is 12.5 Å². The van der Waals surface area contributed by atoms with E-state index in [1.165, 1.54) is 0 Å². The molecule has 3 heteroatoms. The topological polar surface area (TPSA) is 20.3 Å². The summed E-state index contributed by atoms with van der Waals surface area (Å²) in [6, 6.07) is 17.1. The zero-order valence-corrected chi connectivity index (χ0v) is 12.8. The summed E-state index contributed by atoms with van der Waals surface area (Å²) < 4.78 is 0. The van der Waals surface area contributed by atoms with Crippen LogP contribution in [0.2, 0.25) is 5.02 Å². The first-order valence-corrected chi connectivity index (χ1v) is 7.38. The second kappa shape index (κ2) is 7.65. The standard InChI is InChI=1S/C18H18ClNO/c1-2-14-20(17-11-9-16(19)10-12-17)18(21)13-8-15-6-4-3-5-7-15/h3-13H,2,14H2,1H3/b13-8+. The van der Waals surface area contributed by atoms with Crippen LogP contribution in [0.15, 0.2) is 60.7 Å². The summed E-state index contributed by atoms with van der Waals surface area (Å²) in [6.07, 6.45) is 4.34. The largest absolute Gasteiger partial charge is 0.309 e. The minimum atomic E-state index is -0.0250. The summed E-state index contributed by atoms with van der Waals surface area (Å²) in [4.78, 5) is 14.2. The lowest BCUT2D eigenvalue weighted by Crippen LogP contribution is -2.29. The Kier molecular flexibility index (Phi) is 5.59. The molecule has 0 aliphatic carbocycles. The van der Waals surface area contributed by atoms with Crippen LogP contribution in [0.3, 0.4) is 0 Å². The average Bonchev–Trinajstić information content (AvgIpc) is 2.52. The molecule has 2 rings (SSSR count). The highest BCUT2D eigenvalue weighted by Gasteiger charge is 2.11. The van der Waals surface area contributed by atoms with E-state index < -0.39 is 0 Å². The zero-order chi connectivity index (χ0) is 15.1. The van der Waals surface area contributed by atoms with Gasteiger partial charge in [0.15, 0.2) is 0 Å². The molecule has 0 heterocycles. The number of rotatable bonds is 5. The predicted molar refractivity (Wildman–Crippen MR) is 89.6 cm³/mol. The molecule has 0 unspecified atom stereocenters. The SMILES string of the molecule is CCCN(C(=O)/C=C/c1ccccc1)c1ccc(Cl)cc1. The molecule has 0 saturated heterocycles. The zero-order valence-electron chi connectivity index (χ0n) is 12.0. The number of anilines is 1. The summed E-state index contributed by atoms with van der Waals surface area (Å²) in [6.45, 7) is 2.73. The van der Waals surface area contributed by atoms with E-state index in [0.717, 1.165) is 17.7 Å². The highest BCUT2D eigenvalue weighted by Crippen LogP contribution is 2.19. The van der Waals surface area contributed by atoms with E-state index in [0.29, 0.717) is 11.6 Å². The molecule has 0 fully saturated rings. The van der Waals surface area contributed by atoms with Crippen molar-refractivity contribution < 1.29 is 4.79 Å². The Labute approximate surface area is 130 Å². The lowest BCUT2D eigenvalue weighted by atomic mass is 10.2. The molecule has 0 aliphatic heterocycles. The normalized spacial score (nSPS) is 10.8. The third-order valence-corrected chi connectivity index (χ3v) is 3.32. The van der Waals surface area contributed by atoms with Gasteiger partial charge in [-0.15, -0.1) is 0 Å². The third-order valence-electron chi connectivity index (χ3n) is 3.07. The number of carbonyl (C=O) groups is 1. The Morgan fingerprint density at radius 1 is 1.10 bits per heavy atom. The molecule has 0 saturated carbocycles. The van der Waals surface area contributed by atoms with Gasteiger partial charge in [-0.05, 0) is 42.3 Å². The fraction of sp³-hybridized carbons (Fsp3) is 0.167. The molecule has 108 valence electrons. The number of hydrogen-bond donors (Lipinski definition) is 0. The predicted octanol–water partition coefficient (Wildman–Crippen LogP) is 4.80. The van der Waals surface area contributed by atoms with Crippen molar-refractivity contribution in [3.8, 4) is 0 Å². The molecule has 2 aromatic carbocycles. The van der Waals surface area contributed by atoms with Crippen molar-refractivity contribution in [1.82, 2.24) is 0 Å². The Bertz CT molecular complexity index is 605. The minimum absolute atomic E-state index is 0.0250. The molecule has 21 heavy (non-hydrogen) atoms. The van der Waals surface area contributed by atoms with E-state index in [1.54, 1.807) is 23.1 Å². The van der Waals surface area contributed by atoms with E-state index in [-0.39, 0.29) is 5.91 Å². The van der Waals surface area contributed by atoms with Crippen molar-refractivity contribution in [2.24, 2.45) is 0 Å². The fourth-order valence-corrected chi connectivity index (χ4v) is 2.16. The third kappa shape index (κ3) is 4.47. The molecule has 0 aromatic heterocycles. The minimum Gasteiger partial charge on any atom is -0.309 e. The van der Waals surface area contributed by atoms with Crippen LogP contribution >= 0.6 is 11.6 Å². The monoisotopic (exact) mass is 299 g/mol. The van der Waals surface area contributed by atoms with Gasteiger partial charge in [-0.2, -0.15) is 0 Å². The van der Waals surface area contributed by atoms with Gasteiger partial charge in [-0.3, -0.25) is 4.79 Å². The number of nitrogens with zero attached hydrogens (tertiary/aromatic N) is 1. The summed E-state index contributed by atoms with van der Waals surface area (Å²) in [7, 11) is 0. The molecule has 0 spiro atoms. The number of halogens is 1. The van der Waals surface area contributed by atoms with Gasteiger partial charge in [-0.25, -0.2) is 0 Å². The van der Waals surface area contributed by atoms with Crippen molar-refractivity contribution in [3.05, 3.63) is 71.3 Å². The molecule has 0 radical (unpaired) electrons. The average molecular weight is 300 g/mol. The van der Waals surface area contributed by atoms with E-state index in [2.05, 4.69) is 6.92 Å². The van der Waals surface area contributed by atoms with E-state index in [4.69, 9.17) is 11.6 Å². The van der Waals surface area contributed by atoms with Gasteiger partial charge in [0, 0.05) is 23.3 Å². The molecule has 0 bridgehead atoms. The molecular weight excluding hydrogens is 282 g/mol. The van der Waals surface area contributed by atoms with Gasteiger partial charge in [0.2, 0.25) is 0 Å². The van der Waals surface area contributed by atoms with Crippen LogP contribution in [-0.2, 0) is 4.79 Å². The van der Waals surface area contributed by atoms with Crippen LogP contribution in [0.1, 0.15) is 18.9 Å². The maximum Gasteiger partial charge on any atom is 0.250 e. The molecular formula is C18H18ClNO. The van der Waals surface area contributed by atoms with Crippen LogP contribution in [0.5, 0.6) is 0 Å². The van der Waals surface area contributed by atoms with Crippen LogP contribution in [0.4, 0.5) is 5.69 Å². The van der Waals surface area contributed by atoms with E-state index in [9.17, 15) is 4.79 Å². The Morgan fingerprint density at radius 2 is 1.76 bits per heavy atom. The van der Waals surface area contributed by atoms with E-state index >= 15 is 0 Å². The van der Waals surface area contributed by atoms with Gasteiger partial charge < -0.3 is 4.90 Å². The number of benzene rings is 2. The van der Waals surface area contributed by atoms with Crippen molar-refractivity contribution >= 4 is 29.3 Å². The van der Waals surface area contributed by atoms with E-state index in [1.807, 2.05) is 48.5 Å².